The summed E-state index contributed by atoms with van der Waals surface area (Å²) in [5.41, 5.74) is 5.32. The highest BCUT2D eigenvalue weighted by Gasteiger charge is 2.40. The molecule has 0 bridgehead atoms. The molecule has 6 nitrogen and oxygen atoms in total. The average Bonchev–Trinajstić information content (AvgIpc) is 2.97. The molecule has 6 heteroatoms. The van der Waals surface area contributed by atoms with E-state index in [9.17, 15) is 9.90 Å². The van der Waals surface area contributed by atoms with Crippen molar-refractivity contribution in [1.82, 2.24) is 14.5 Å². The van der Waals surface area contributed by atoms with Crippen molar-refractivity contribution in [3.05, 3.63) is 18.2 Å². The molecule has 3 atom stereocenters. The van der Waals surface area contributed by atoms with Crippen LogP contribution in [0, 0.1) is 5.92 Å². The predicted molar refractivity (Wildman–Crippen MR) is 75.7 cm³/mol. The van der Waals surface area contributed by atoms with E-state index >= 15 is 0 Å². The van der Waals surface area contributed by atoms with Crippen LogP contribution >= 0.6 is 0 Å². The van der Waals surface area contributed by atoms with E-state index in [1.807, 2.05) is 13.2 Å². The highest BCUT2D eigenvalue weighted by atomic mass is 16.3. The van der Waals surface area contributed by atoms with Gasteiger partial charge < -0.3 is 15.4 Å². The number of primary amides is 1. The van der Waals surface area contributed by atoms with E-state index in [0.29, 0.717) is 13.0 Å². The first-order valence-corrected chi connectivity index (χ1v) is 7.22. The zero-order valence-electron chi connectivity index (χ0n) is 12.2. The number of imidazole rings is 1. The van der Waals surface area contributed by atoms with E-state index in [1.54, 1.807) is 6.20 Å². The first kappa shape index (κ1) is 15.0. The predicted octanol–water partition coefficient (Wildman–Crippen LogP) is 0.350. The molecule has 1 aromatic heterocycles. The minimum Gasteiger partial charge on any atom is -0.391 e. The van der Waals surface area contributed by atoms with E-state index in [0.717, 1.165) is 25.2 Å². The molecular formula is C14H24N4O2. The van der Waals surface area contributed by atoms with Gasteiger partial charge in [0, 0.05) is 25.0 Å². The summed E-state index contributed by atoms with van der Waals surface area (Å²) in [6.45, 7) is 3.74. The molecule has 1 aromatic rings. The minimum atomic E-state index is -0.674. The maximum absolute atomic E-state index is 11.3. The summed E-state index contributed by atoms with van der Waals surface area (Å²) in [5, 5.41) is 10.2. The number of aryl methyl sites for hydroxylation is 1. The summed E-state index contributed by atoms with van der Waals surface area (Å²) in [6.07, 6.45) is 5.62. The number of hydrogen-bond donors (Lipinski definition) is 2. The Morgan fingerprint density at radius 2 is 2.35 bits per heavy atom. The molecule has 0 unspecified atom stereocenters. The Bertz CT molecular complexity index is 460. The van der Waals surface area contributed by atoms with Gasteiger partial charge in [0.1, 0.15) is 5.82 Å². The molecule has 1 aliphatic rings. The van der Waals surface area contributed by atoms with Crippen LogP contribution in [0.5, 0.6) is 0 Å². The van der Waals surface area contributed by atoms with Gasteiger partial charge >= 0.3 is 0 Å². The van der Waals surface area contributed by atoms with E-state index in [4.69, 9.17) is 5.73 Å². The fourth-order valence-electron chi connectivity index (χ4n) is 3.03. The Kier molecular flexibility index (Phi) is 4.77. The summed E-state index contributed by atoms with van der Waals surface area (Å²) >= 11 is 0. The third-order valence-electron chi connectivity index (χ3n) is 4.17. The second kappa shape index (κ2) is 6.37. The summed E-state index contributed by atoms with van der Waals surface area (Å²) in [5.74, 6) is 0.169. The largest absolute Gasteiger partial charge is 0.391 e. The van der Waals surface area contributed by atoms with Crippen LogP contribution in [0.2, 0.25) is 0 Å². The standard InChI is InChI=1S/C14H24N4O2/c1-3-7-18-8-6-16-12(18)9-17(2)11-5-4-10(13(11)19)14(15)20/h6,8,10-11,13,19H,3-5,7,9H2,1-2H3,(H2,15,20)/t10-,11-,13+/m1/s1. The molecule has 0 aliphatic heterocycles. The Morgan fingerprint density at radius 1 is 1.60 bits per heavy atom. The van der Waals surface area contributed by atoms with Gasteiger partial charge in [0.25, 0.3) is 0 Å². The van der Waals surface area contributed by atoms with Crippen molar-refractivity contribution in [2.75, 3.05) is 7.05 Å². The Labute approximate surface area is 119 Å². The van der Waals surface area contributed by atoms with Crippen molar-refractivity contribution in [2.45, 2.75) is 51.4 Å². The maximum Gasteiger partial charge on any atom is 0.223 e. The first-order chi connectivity index (χ1) is 9.54. The van der Waals surface area contributed by atoms with Crippen LogP contribution in [-0.4, -0.2) is 44.7 Å². The fourth-order valence-corrected chi connectivity index (χ4v) is 3.03. The van der Waals surface area contributed by atoms with Crippen LogP contribution in [0.1, 0.15) is 32.0 Å². The van der Waals surface area contributed by atoms with Gasteiger partial charge in [-0.3, -0.25) is 9.69 Å². The number of nitrogens with two attached hydrogens (primary N) is 1. The van der Waals surface area contributed by atoms with Gasteiger partial charge in [-0.2, -0.15) is 0 Å². The molecule has 20 heavy (non-hydrogen) atoms. The topological polar surface area (TPSA) is 84.4 Å². The molecule has 1 fully saturated rings. The second-order valence-electron chi connectivity index (χ2n) is 5.60. The number of likely N-dealkylation sites (N-methyl/N-ethyl adjacent to an activating group) is 1. The van der Waals surface area contributed by atoms with Crippen molar-refractivity contribution < 1.29 is 9.90 Å². The highest BCUT2D eigenvalue weighted by molar-refractivity contribution is 5.77. The van der Waals surface area contributed by atoms with Crippen LogP contribution in [0.25, 0.3) is 0 Å². The molecule has 0 spiro atoms. The highest BCUT2D eigenvalue weighted by Crippen LogP contribution is 2.29. The van der Waals surface area contributed by atoms with Gasteiger partial charge in [-0.25, -0.2) is 4.98 Å². The average molecular weight is 280 g/mol. The first-order valence-electron chi connectivity index (χ1n) is 7.22. The van der Waals surface area contributed by atoms with Gasteiger partial charge in [-0.1, -0.05) is 6.92 Å². The Hall–Kier alpha value is -1.40. The molecule has 1 aliphatic carbocycles. The SMILES string of the molecule is CCCn1ccnc1CN(C)[C@@H]1CC[C@@H](C(N)=O)[C@@H]1O. The minimum absolute atomic E-state index is 0.0284. The smallest absolute Gasteiger partial charge is 0.223 e. The number of amides is 1. The maximum atomic E-state index is 11.3. The third-order valence-corrected chi connectivity index (χ3v) is 4.17. The Morgan fingerprint density at radius 3 is 2.95 bits per heavy atom. The van der Waals surface area contributed by atoms with Crippen LogP contribution in [0.3, 0.4) is 0 Å². The number of rotatable bonds is 6. The molecule has 0 saturated heterocycles. The van der Waals surface area contributed by atoms with Crippen molar-refractivity contribution in [2.24, 2.45) is 11.7 Å². The van der Waals surface area contributed by atoms with Crippen molar-refractivity contribution >= 4 is 5.91 Å². The zero-order chi connectivity index (χ0) is 14.7. The number of carbonyl (C=O) groups excluding carboxylic acids is 1. The molecular weight excluding hydrogens is 256 g/mol. The third kappa shape index (κ3) is 3.02. The van der Waals surface area contributed by atoms with Gasteiger partial charge in [0.2, 0.25) is 5.91 Å². The summed E-state index contributed by atoms with van der Waals surface area (Å²) in [6, 6.07) is -0.0284. The monoisotopic (exact) mass is 280 g/mol. The second-order valence-corrected chi connectivity index (χ2v) is 5.60. The lowest BCUT2D eigenvalue weighted by atomic mass is 10.0. The molecule has 2 rings (SSSR count). The van der Waals surface area contributed by atoms with Gasteiger partial charge in [-0.05, 0) is 26.3 Å². The quantitative estimate of drug-likeness (QED) is 0.787. The number of aromatic nitrogens is 2. The Balaban J connectivity index is 2.00. The molecule has 1 heterocycles. The fraction of sp³-hybridized carbons (Fsp3) is 0.714. The molecule has 0 radical (unpaired) electrons. The molecule has 1 saturated carbocycles. The van der Waals surface area contributed by atoms with E-state index in [2.05, 4.69) is 21.4 Å². The van der Waals surface area contributed by atoms with Crippen molar-refractivity contribution in [1.29, 1.82) is 0 Å². The number of aliphatic hydroxyl groups excluding tert-OH is 1. The lowest BCUT2D eigenvalue weighted by molar-refractivity contribution is -0.124. The van der Waals surface area contributed by atoms with Gasteiger partial charge in [-0.15, -0.1) is 0 Å². The molecule has 1 amide bonds. The van der Waals surface area contributed by atoms with Gasteiger partial charge in [0.15, 0.2) is 0 Å². The summed E-state index contributed by atoms with van der Waals surface area (Å²) in [7, 11) is 1.96. The molecule has 112 valence electrons. The van der Waals surface area contributed by atoms with Crippen LogP contribution in [-0.2, 0) is 17.9 Å². The lowest BCUT2D eigenvalue weighted by Gasteiger charge is -2.28. The normalized spacial score (nSPS) is 26.3. The van der Waals surface area contributed by atoms with E-state index in [1.165, 1.54) is 0 Å². The van der Waals surface area contributed by atoms with Crippen molar-refractivity contribution in [3.8, 4) is 0 Å². The number of carbonyl (C=O) groups is 1. The van der Waals surface area contributed by atoms with E-state index in [-0.39, 0.29) is 6.04 Å². The molecule has 0 aromatic carbocycles. The number of aliphatic hydroxyl groups is 1. The van der Waals surface area contributed by atoms with E-state index < -0.39 is 17.9 Å². The zero-order valence-corrected chi connectivity index (χ0v) is 12.2. The van der Waals surface area contributed by atoms with Crippen LogP contribution in [0.15, 0.2) is 12.4 Å². The van der Waals surface area contributed by atoms with Crippen LogP contribution in [0.4, 0.5) is 0 Å². The number of nitrogens with zero attached hydrogens (tertiary/aromatic N) is 3. The van der Waals surface area contributed by atoms with Crippen LogP contribution < -0.4 is 5.73 Å². The van der Waals surface area contributed by atoms with Crippen molar-refractivity contribution in [3.63, 3.8) is 0 Å². The lowest BCUT2D eigenvalue weighted by Crippen LogP contribution is -2.42. The summed E-state index contributed by atoms with van der Waals surface area (Å²) in [4.78, 5) is 17.7. The van der Waals surface area contributed by atoms with Gasteiger partial charge in [0.05, 0.1) is 18.6 Å². The summed E-state index contributed by atoms with van der Waals surface area (Å²) < 4.78 is 2.13. The molecule has 3 N–H and O–H groups in total. The number of hydrogen-bond acceptors (Lipinski definition) is 4.